The number of nitrogen functional groups attached to an aromatic ring is 1. The molecule has 1 rings (SSSR count). The van der Waals surface area contributed by atoms with E-state index in [1.807, 2.05) is 13.8 Å². The molecular weight excluding hydrogens is 204 g/mol. The van der Waals surface area contributed by atoms with Crippen LogP contribution in [0.4, 0.5) is 5.69 Å². The van der Waals surface area contributed by atoms with E-state index in [2.05, 4.69) is 4.98 Å². The van der Waals surface area contributed by atoms with Crippen LogP contribution >= 0.6 is 0 Å². The highest BCUT2D eigenvalue weighted by Gasteiger charge is 2.33. The number of carbonyl (C=O) groups excluding carboxylic acids is 1. The normalized spacial score (nSPS) is 14.4. The first-order chi connectivity index (χ1) is 7.55. The molecule has 0 saturated heterocycles. The molecule has 1 atom stereocenters. The van der Waals surface area contributed by atoms with Crippen molar-refractivity contribution < 1.29 is 9.53 Å². The number of ketones is 1. The summed E-state index contributed by atoms with van der Waals surface area (Å²) in [6.45, 7) is 6.06. The molecule has 0 bridgehead atoms. The van der Waals surface area contributed by atoms with Gasteiger partial charge in [-0.05, 0) is 26.3 Å². The maximum Gasteiger partial charge on any atom is 0.197 e. The summed E-state index contributed by atoms with van der Waals surface area (Å²) in [5.74, 6) is -0.109. The lowest BCUT2D eigenvalue weighted by Crippen LogP contribution is -2.38. The third kappa shape index (κ3) is 2.39. The second-order valence-electron chi connectivity index (χ2n) is 3.81. The van der Waals surface area contributed by atoms with Crippen LogP contribution in [0.15, 0.2) is 18.5 Å². The Bertz CT molecular complexity index is 379. The minimum absolute atomic E-state index is 0.109. The Labute approximate surface area is 95.8 Å². The Morgan fingerprint density at radius 3 is 2.75 bits per heavy atom. The summed E-state index contributed by atoms with van der Waals surface area (Å²) < 4.78 is 5.52. The van der Waals surface area contributed by atoms with Gasteiger partial charge in [0.1, 0.15) is 5.60 Å². The average Bonchev–Trinajstić information content (AvgIpc) is 2.29. The molecule has 1 heterocycles. The first kappa shape index (κ1) is 12.6. The quantitative estimate of drug-likeness (QED) is 0.774. The van der Waals surface area contributed by atoms with E-state index < -0.39 is 5.60 Å². The van der Waals surface area contributed by atoms with Crippen molar-refractivity contribution in [2.24, 2.45) is 0 Å². The van der Waals surface area contributed by atoms with Crippen LogP contribution in [-0.2, 0) is 4.74 Å². The molecule has 88 valence electrons. The van der Waals surface area contributed by atoms with E-state index in [1.165, 1.54) is 6.20 Å². The molecule has 1 unspecified atom stereocenters. The Morgan fingerprint density at radius 2 is 2.25 bits per heavy atom. The van der Waals surface area contributed by atoms with Crippen LogP contribution in [0.2, 0.25) is 0 Å². The van der Waals surface area contributed by atoms with Gasteiger partial charge in [-0.15, -0.1) is 0 Å². The number of nitrogens with two attached hydrogens (primary N) is 1. The smallest absolute Gasteiger partial charge is 0.197 e. The number of pyridine rings is 1. The second-order valence-corrected chi connectivity index (χ2v) is 3.81. The van der Waals surface area contributed by atoms with Gasteiger partial charge in [0.2, 0.25) is 0 Å². The van der Waals surface area contributed by atoms with Crippen molar-refractivity contribution in [1.82, 2.24) is 4.98 Å². The second kappa shape index (κ2) is 5.07. The van der Waals surface area contributed by atoms with Crippen molar-refractivity contribution in [2.45, 2.75) is 32.8 Å². The van der Waals surface area contributed by atoms with Gasteiger partial charge in [-0.3, -0.25) is 9.78 Å². The lowest BCUT2D eigenvalue weighted by molar-refractivity contribution is -0.0115. The molecule has 0 aliphatic heterocycles. The summed E-state index contributed by atoms with van der Waals surface area (Å²) in [6, 6.07) is 1.62. The van der Waals surface area contributed by atoms with E-state index in [1.54, 1.807) is 19.2 Å². The molecule has 0 aliphatic carbocycles. The number of Topliss-reactive ketones (excluding diaryl/α,β-unsaturated/α-hetero) is 1. The van der Waals surface area contributed by atoms with Crippen molar-refractivity contribution in [3.8, 4) is 0 Å². The highest BCUT2D eigenvalue weighted by atomic mass is 16.5. The molecule has 0 saturated carbocycles. The Kier molecular flexibility index (Phi) is 4.01. The number of rotatable bonds is 5. The summed E-state index contributed by atoms with van der Waals surface area (Å²) in [5, 5.41) is 0. The third-order valence-corrected chi connectivity index (χ3v) is 2.72. The fraction of sp³-hybridized carbons (Fsp3) is 0.500. The predicted molar refractivity (Wildman–Crippen MR) is 63.3 cm³/mol. The SMILES string of the molecule is CCOC(C)(CC)C(=O)c1cnccc1N. The van der Waals surface area contributed by atoms with Crippen LogP contribution in [0, 0.1) is 0 Å². The largest absolute Gasteiger partial charge is 0.398 e. The molecule has 1 aromatic rings. The number of ether oxygens (including phenoxy) is 1. The zero-order valence-electron chi connectivity index (χ0n) is 9.99. The van der Waals surface area contributed by atoms with Gasteiger partial charge in [0.15, 0.2) is 5.78 Å². The monoisotopic (exact) mass is 222 g/mol. The van der Waals surface area contributed by atoms with Crippen LogP contribution in [0.3, 0.4) is 0 Å². The Balaban J connectivity index is 3.05. The molecule has 0 aromatic carbocycles. The van der Waals surface area contributed by atoms with E-state index in [0.29, 0.717) is 24.3 Å². The van der Waals surface area contributed by atoms with Gasteiger partial charge in [-0.1, -0.05) is 6.92 Å². The summed E-state index contributed by atoms with van der Waals surface area (Å²) in [4.78, 5) is 16.2. The fourth-order valence-electron chi connectivity index (χ4n) is 1.53. The van der Waals surface area contributed by atoms with Gasteiger partial charge in [0.05, 0.1) is 5.56 Å². The molecule has 0 amide bonds. The summed E-state index contributed by atoms with van der Waals surface area (Å²) in [6.07, 6.45) is 3.66. The fourth-order valence-corrected chi connectivity index (χ4v) is 1.53. The van der Waals surface area contributed by atoms with E-state index in [-0.39, 0.29) is 5.78 Å². The standard InChI is InChI=1S/C12H18N2O2/c1-4-12(3,16-5-2)11(15)9-8-14-7-6-10(9)13/h6-8H,4-5H2,1-3H3,(H2,13,14). The van der Waals surface area contributed by atoms with E-state index in [4.69, 9.17) is 10.5 Å². The lowest BCUT2D eigenvalue weighted by atomic mass is 9.92. The number of nitrogens with zero attached hydrogens (tertiary/aromatic N) is 1. The Morgan fingerprint density at radius 1 is 1.56 bits per heavy atom. The van der Waals surface area contributed by atoms with Gasteiger partial charge in [0.25, 0.3) is 0 Å². The van der Waals surface area contributed by atoms with Crippen molar-refractivity contribution in [1.29, 1.82) is 0 Å². The van der Waals surface area contributed by atoms with Gasteiger partial charge in [-0.2, -0.15) is 0 Å². The highest BCUT2D eigenvalue weighted by Crippen LogP contribution is 2.23. The number of hydrogen-bond acceptors (Lipinski definition) is 4. The number of hydrogen-bond donors (Lipinski definition) is 1. The molecule has 1 aromatic heterocycles. The predicted octanol–water partition coefficient (Wildman–Crippen LogP) is 2.05. The maximum absolute atomic E-state index is 12.3. The summed E-state index contributed by atoms with van der Waals surface area (Å²) in [5.41, 5.74) is 5.81. The van der Waals surface area contributed by atoms with Crippen LogP contribution in [-0.4, -0.2) is 23.0 Å². The molecule has 0 fully saturated rings. The zero-order valence-corrected chi connectivity index (χ0v) is 9.99. The average molecular weight is 222 g/mol. The van der Waals surface area contributed by atoms with E-state index in [9.17, 15) is 4.79 Å². The Hall–Kier alpha value is -1.42. The minimum atomic E-state index is -0.814. The van der Waals surface area contributed by atoms with Crippen LogP contribution in [0.5, 0.6) is 0 Å². The molecular formula is C12H18N2O2. The maximum atomic E-state index is 12.3. The highest BCUT2D eigenvalue weighted by molar-refractivity contribution is 6.05. The number of aromatic nitrogens is 1. The number of anilines is 1. The van der Waals surface area contributed by atoms with Crippen molar-refractivity contribution in [3.05, 3.63) is 24.0 Å². The van der Waals surface area contributed by atoms with Crippen LogP contribution < -0.4 is 5.73 Å². The molecule has 4 heteroatoms. The van der Waals surface area contributed by atoms with Crippen LogP contribution in [0.25, 0.3) is 0 Å². The van der Waals surface area contributed by atoms with Crippen molar-refractivity contribution in [2.75, 3.05) is 12.3 Å². The molecule has 2 N–H and O–H groups in total. The molecule has 0 radical (unpaired) electrons. The van der Waals surface area contributed by atoms with Crippen LogP contribution in [0.1, 0.15) is 37.6 Å². The van der Waals surface area contributed by atoms with Crippen molar-refractivity contribution in [3.63, 3.8) is 0 Å². The van der Waals surface area contributed by atoms with E-state index >= 15 is 0 Å². The minimum Gasteiger partial charge on any atom is -0.398 e. The zero-order chi connectivity index (χ0) is 12.2. The molecule has 16 heavy (non-hydrogen) atoms. The molecule has 4 nitrogen and oxygen atoms in total. The first-order valence-electron chi connectivity index (χ1n) is 5.43. The topological polar surface area (TPSA) is 65.2 Å². The number of carbonyl (C=O) groups is 1. The molecule has 0 spiro atoms. The van der Waals surface area contributed by atoms with E-state index in [0.717, 1.165) is 0 Å². The summed E-state index contributed by atoms with van der Waals surface area (Å²) in [7, 11) is 0. The van der Waals surface area contributed by atoms with Gasteiger partial charge >= 0.3 is 0 Å². The third-order valence-electron chi connectivity index (χ3n) is 2.72. The van der Waals surface area contributed by atoms with Gasteiger partial charge in [-0.25, -0.2) is 0 Å². The van der Waals surface area contributed by atoms with Crippen molar-refractivity contribution >= 4 is 11.5 Å². The lowest BCUT2D eigenvalue weighted by Gasteiger charge is -2.26. The first-order valence-corrected chi connectivity index (χ1v) is 5.43. The molecule has 0 aliphatic rings. The van der Waals surface area contributed by atoms with Gasteiger partial charge < -0.3 is 10.5 Å². The van der Waals surface area contributed by atoms with Gasteiger partial charge in [0, 0.05) is 24.7 Å². The summed E-state index contributed by atoms with van der Waals surface area (Å²) >= 11 is 0.